The Morgan fingerprint density at radius 2 is 2.08 bits per heavy atom. The molecule has 1 amide bonds. The van der Waals surface area contributed by atoms with E-state index < -0.39 is 17.7 Å². The van der Waals surface area contributed by atoms with Crippen molar-refractivity contribution in [1.82, 2.24) is 14.7 Å². The molecule has 0 bridgehead atoms. The van der Waals surface area contributed by atoms with Crippen molar-refractivity contribution in [3.8, 4) is 0 Å². The van der Waals surface area contributed by atoms with E-state index in [9.17, 15) is 14.7 Å². The first-order valence-corrected chi connectivity index (χ1v) is 8.58. The Balaban J connectivity index is 2.26. The van der Waals surface area contributed by atoms with Gasteiger partial charge in [-0.15, -0.1) is 11.3 Å². The molecule has 2 aromatic rings. The van der Waals surface area contributed by atoms with Gasteiger partial charge in [0.2, 0.25) is 0 Å². The van der Waals surface area contributed by atoms with Crippen LogP contribution in [0.4, 0.5) is 0 Å². The summed E-state index contributed by atoms with van der Waals surface area (Å²) in [4.78, 5) is 27.3. The maximum absolute atomic E-state index is 12.6. The molecule has 0 saturated carbocycles. The van der Waals surface area contributed by atoms with Gasteiger partial charge in [-0.1, -0.05) is 6.07 Å². The maximum Gasteiger partial charge on any atom is 0.295 e. The van der Waals surface area contributed by atoms with Crippen molar-refractivity contribution in [2.24, 2.45) is 7.05 Å². The molecule has 24 heavy (non-hydrogen) atoms. The number of likely N-dealkylation sites (N-methyl/N-ethyl adjacent to an activating group) is 1. The van der Waals surface area contributed by atoms with Gasteiger partial charge in [0.15, 0.2) is 0 Å². The number of Topliss-reactive ketones (excluding diaryl/α,β-unsaturated/α-hetero) is 1. The lowest BCUT2D eigenvalue weighted by atomic mass is 9.99. The molecule has 0 radical (unpaired) electrons. The predicted octanol–water partition coefficient (Wildman–Crippen LogP) is 2.54. The lowest BCUT2D eigenvalue weighted by molar-refractivity contribution is -0.139. The molecule has 0 spiro atoms. The zero-order chi connectivity index (χ0) is 17.6. The summed E-state index contributed by atoms with van der Waals surface area (Å²) in [6, 6.07) is 3.20. The number of aliphatic hydroxyl groups is 1. The van der Waals surface area contributed by atoms with E-state index in [1.54, 1.807) is 18.7 Å². The van der Waals surface area contributed by atoms with Gasteiger partial charge in [0.1, 0.15) is 5.76 Å². The second-order valence-electron chi connectivity index (χ2n) is 5.77. The molecule has 126 valence electrons. The minimum Gasteiger partial charge on any atom is -0.507 e. The molecule has 0 aromatic carbocycles. The van der Waals surface area contributed by atoms with Gasteiger partial charge in [-0.25, -0.2) is 0 Å². The van der Waals surface area contributed by atoms with Crippen LogP contribution < -0.4 is 0 Å². The average molecular weight is 345 g/mol. The van der Waals surface area contributed by atoms with Gasteiger partial charge >= 0.3 is 0 Å². The van der Waals surface area contributed by atoms with Crippen molar-refractivity contribution < 1.29 is 14.7 Å². The van der Waals surface area contributed by atoms with Crippen LogP contribution in [0.15, 0.2) is 23.1 Å². The van der Waals surface area contributed by atoms with Gasteiger partial charge in [-0.2, -0.15) is 5.10 Å². The van der Waals surface area contributed by atoms with Crippen LogP contribution >= 0.6 is 11.3 Å². The number of thiophene rings is 1. The summed E-state index contributed by atoms with van der Waals surface area (Å²) >= 11 is 1.46. The Morgan fingerprint density at radius 3 is 2.58 bits per heavy atom. The van der Waals surface area contributed by atoms with Crippen LogP contribution in [-0.2, 0) is 16.6 Å². The monoisotopic (exact) mass is 345 g/mol. The molecular formula is C17H19N3O3S. The number of aliphatic hydroxyl groups excluding tert-OH is 1. The Bertz CT molecular complexity index is 849. The van der Waals surface area contributed by atoms with E-state index >= 15 is 0 Å². The minimum absolute atomic E-state index is 0.142. The van der Waals surface area contributed by atoms with Crippen molar-refractivity contribution >= 4 is 28.8 Å². The zero-order valence-corrected chi connectivity index (χ0v) is 14.8. The molecule has 3 rings (SSSR count). The number of rotatable bonds is 3. The quantitative estimate of drug-likeness (QED) is 0.527. The van der Waals surface area contributed by atoms with Crippen LogP contribution in [0.5, 0.6) is 0 Å². The second kappa shape index (κ2) is 5.90. The lowest BCUT2D eigenvalue weighted by Crippen LogP contribution is -2.28. The Hall–Kier alpha value is -2.41. The van der Waals surface area contributed by atoms with Gasteiger partial charge in [0.05, 0.1) is 22.9 Å². The number of hydrogen-bond acceptors (Lipinski definition) is 5. The summed E-state index contributed by atoms with van der Waals surface area (Å²) in [5.41, 5.74) is 2.04. The number of nitrogens with zero attached hydrogens (tertiary/aromatic N) is 3. The van der Waals surface area contributed by atoms with Gasteiger partial charge in [0, 0.05) is 24.2 Å². The molecule has 1 fully saturated rings. The fourth-order valence-electron chi connectivity index (χ4n) is 3.20. The van der Waals surface area contributed by atoms with Crippen molar-refractivity contribution in [2.75, 3.05) is 6.54 Å². The molecule has 1 aliphatic rings. The van der Waals surface area contributed by atoms with Crippen molar-refractivity contribution in [2.45, 2.75) is 26.8 Å². The van der Waals surface area contributed by atoms with Crippen LogP contribution in [0.3, 0.4) is 0 Å². The third kappa shape index (κ3) is 2.27. The van der Waals surface area contributed by atoms with Gasteiger partial charge < -0.3 is 10.0 Å². The van der Waals surface area contributed by atoms with E-state index in [0.717, 1.165) is 10.6 Å². The van der Waals surface area contributed by atoms with Crippen molar-refractivity contribution in [3.63, 3.8) is 0 Å². The Morgan fingerprint density at radius 1 is 1.38 bits per heavy atom. The van der Waals surface area contributed by atoms with E-state index in [1.807, 2.05) is 31.4 Å². The third-order valence-electron chi connectivity index (χ3n) is 4.44. The fraction of sp³-hybridized carbons (Fsp3) is 0.353. The fourth-order valence-corrected chi connectivity index (χ4v) is 4.05. The highest BCUT2D eigenvalue weighted by Crippen LogP contribution is 2.41. The van der Waals surface area contributed by atoms with Gasteiger partial charge in [-0.3, -0.25) is 14.3 Å². The lowest BCUT2D eigenvalue weighted by Gasteiger charge is -2.22. The molecule has 0 aliphatic carbocycles. The Kier molecular flexibility index (Phi) is 4.04. The molecule has 6 nitrogen and oxygen atoms in total. The van der Waals surface area contributed by atoms with Gasteiger partial charge in [-0.05, 0) is 32.2 Å². The van der Waals surface area contributed by atoms with Crippen molar-refractivity contribution in [3.05, 3.63) is 44.9 Å². The highest BCUT2D eigenvalue weighted by molar-refractivity contribution is 7.10. The smallest absolute Gasteiger partial charge is 0.295 e. The highest BCUT2D eigenvalue weighted by atomic mass is 32.1. The van der Waals surface area contributed by atoms with Crippen LogP contribution in [0.1, 0.15) is 34.8 Å². The number of aryl methyl sites for hydroxylation is 2. The number of amides is 1. The maximum atomic E-state index is 12.6. The summed E-state index contributed by atoms with van der Waals surface area (Å²) in [6.07, 6.45) is 0. The molecule has 1 N–H and O–H groups in total. The summed E-state index contributed by atoms with van der Waals surface area (Å²) in [6.45, 7) is 5.82. The highest BCUT2D eigenvalue weighted by Gasteiger charge is 2.46. The summed E-state index contributed by atoms with van der Waals surface area (Å²) in [5.74, 6) is -1.36. The largest absolute Gasteiger partial charge is 0.507 e. The topological polar surface area (TPSA) is 75.4 Å². The number of hydrogen-bond donors (Lipinski definition) is 1. The minimum atomic E-state index is -0.643. The standard InChI is InChI=1S/C17H19N3O3S/c1-5-20-14(11-7-6-8-24-11)13(16(22)17(20)23)15(21)12-9(2)18-19(4)10(12)3/h6-8,14,21H,5H2,1-4H3/b15-13+. The van der Waals surface area contributed by atoms with Crippen LogP contribution in [0.25, 0.3) is 5.76 Å². The first kappa shape index (κ1) is 16.4. The number of aromatic nitrogens is 2. The molecule has 2 aromatic heterocycles. The zero-order valence-electron chi connectivity index (χ0n) is 14.0. The average Bonchev–Trinajstić information content (AvgIpc) is 3.20. The number of carbonyl (C=O) groups excluding carboxylic acids is 2. The normalized spacial score (nSPS) is 20.2. The summed E-state index contributed by atoms with van der Waals surface area (Å²) in [7, 11) is 1.78. The summed E-state index contributed by atoms with van der Waals surface area (Å²) in [5, 5.41) is 17.1. The molecular weight excluding hydrogens is 326 g/mol. The number of ketones is 1. The van der Waals surface area contributed by atoms with Crippen LogP contribution in [0, 0.1) is 13.8 Å². The first-order chi connectivity index (χ1) is 11.4. The second-order valence-corrected chi connectivity index (χ2v) is 6.75. The summed E-state index contributed by atoms with van der Waals surface area (Å²) < 4.78 is 1.65. The van der Waals surface area contributed by atoms with Crippen LogP contribution in [0.2, 0.25) is 0 Å². The van der Waals surface area contributed by atoms with E-state index in [4.69, 9.17) is 0 Å². The number of likely N-dealkylation sites (tertiary alicyclic amines) is 1. The third-order valence-corrected chi connectivity index (χ3v) is 5.36. The van der Waals surface area contributed by atoms with E-state index in [-0.39, 0.29) is 11.3 Å². The molecule has 1 unspecified atom stereocenters. The Labute approximate surface area is 144 Å². The first-order valence-electron chi connectivity index (χ1n) is 7.70. The molecule has 7 heteroatoms. The molecule has 1 atom stereocenters. The SMILES string of the molecule is CCN1C(=O)C(=O)/C(=C(/O)c2c(C)nn(C)c2C)C1c1cccs1. The van der Waals surface area contributed by atoms with Gasteiger partial charge in [0.25, 0.3) is 11.7 Å². The van der Waals surface area contributed by atoms with Crippen LogP contribution in [-0.4, -0.2) is 38.0 Å². The molecule has 3 heterocycles. The predicted molar refractivity (Wildman–Crippen MR) is 91.7 cm³/mol. The molecule has 1 aliphatic heterocycles. The van der Waals surface area contributed by atoms with E-state index in [2.05, 4.69) is 5.10 Å². The van der Waals surface area contributed by atoms with Crippen molar-refractivity contribution in [1.29, 1.82) is 0 Å². The van der Waals surface area contributed by atoms with E-state index in [0.29, 0.717) is 17.8 Å². The van der Waals surface area contributed by atoms with E-state index in [1.165, 1.54) is 16.2 Å². The number of carbonyl (C=O) groups is 2. The molecule has 1 saturated heterocycles.